The summed E-state index contributed by atoms with van der Waals surface area (Å²) in [6.07, 6.45) is 1.24. The summed E-state index contributed by atoms with van der Waals surface area (Å²) in [7, 11) is -0.815. The minimum absolute atomic E-state index is 0.0401. The highest BCUT2D eigenvalue weighted by Gasteiger charge is 2.24. The van der Waals surface area contributed by atoms with Gasteiger partial charge in [0.15, 0.2) is 0 Å². The number of rotatable bonds is 3. The highest BCUT2D eigenvalue weighted by Crippen LogP contribution is 2.21. The molecule has 3 N–H and O–H groups in total. The maximum atomic E-state index is 12.1. The molecule has 1 aliphatic heterocycles. The van der Waals surface area contributed by atoms with Crippen LogP contribution in [0.1, 0.15) is 23.2 Å². The molecule has 1 saturated heterocycles. The minimum atomic E-state index is -0.815. The van der Waals surface area contributed by atoms with Gasteiger partial charge >= 0.3 is 0 Å². The second kappa shape index (κ2) is 6.00. The standard InChI is InChI=1S/C12H15N3O4S/c13-8-1-2-11(15(17)18)10(7-8)12(16)14-9-3-5-20(19)6-4-9/h1-2,7,9H,3-6,13H2,(H,14,16). The third-order valence-electron chi connectivity index (χ3n) is 3.19. The van der Waals surface area contributed by atoms with Gasteiger partial charge in [0, 0.05) is 40.1 Å². The van der Waals surface area contributed by atoms with E-state index in [0.29, 0.717) is 30.0 Å². The van der Waals surface area contributed by atoms with Crippen LogP contribution in [0.15, 0.2) is 18.2 Å². The van der Waals surface area contributed by atoms with Crippen LogP contribution in [0.5, 0.6) is 0 Å². The Bertz CT molecular complexity index is 566. The van der Waals surface area contributed by atoms with Gasteiger partial charge in [-0.05, 0) is 25.0 Å². The van der Waals surface area contributed by atoms with Crippen molar-refractivity contribution in [3.05, 3.63) is 33.9 Å². The first-order valence-electron chi connectivity index (χ1n) is 6.17. The maximum Gasteiger partial charge on any atom is 0.282 e. The summed E-state index contributed by atoms with van der Waals surface area (Å²) in [5.41, 5.74) is 5.56. The van der Waals surface area contributed by atoms with Gasteiger partial charge in [-0.25, -0.2) is 0 Å². The van der Waals surface area contributed by atoms with E-state index in [4.69, 9.17) is 5.73 Å². The van der Waals surface area contributed by atoms with Gasteiger partial charge in [0.2, 0.25) is 0 Å². The van der Waals surface area contributed by atoms with E-state index in [1.165, 1.54) is 18.2 Å². The lowest BCUT2D eigenvalue weighted by molar-refractivity contribution is -0.385. The van der Waals surface area contributed by atoms with E-state index in [1.807, 2.05) is 0 Å². The third-order valence-corrected chi connectivity index (χ3v) is 4.57. The van der Waals surface area contributed by atoms with Crippen LogP contribution in [0.3, 0.4) is 0 Å². The molecular formula is C12H15N3O4S. The Morgan fingerprint density at radius 3 is 2.65 bits per heavy atom. The zero-order chi connectivity index (χ0) is 14.7. The largest absolute Gasteiger partial charge is 0.399 e. The third kappa shape index (κ3) is 3.32. The van der Waals surface area contributed by atoms with Crippen molar-refractivity contribution in [3.63, 3.8) is 0 Å². The number of amides is 1. The fourth-order valence-electron chi connectivity index (χ4n) is 2.10. The number of nitrogens with two attached hydrogens (primary N) is 1. The van der Waals surface area contributed by atoms with Gasteiger partial charge in [-0.15, -0.1) is 0 Å². The number of nitrogens with zero attached hydrogens (tertiary/aromatic N) is 1. The molecule has 2 rings (SSSR count). The number of carbonyl (C=O) groups is 1. The van der Waals surface area contributed by atoms with Gasteiger partial charge in [-0.3, -0.25) is 19.1 Å². The molecule has 1 aromatic carbocycles. The second-order valence-electron chi connectivity index (χ2n) is 4.63. The van der Waals surface area contributed by atoms with Gasteiger partial charge in [-0.2, -0.15) is 0 Å². The molecule has 0 unspecified atom stereocenters. The van der Waals surface area contributed by atoms with Crippen LogP contribution in [0.4, 0.5) is 11.4 Å². The fraction of sp³-hybridized carbons (Fsp3) is 0.417. The number of benzene rings is 1. The molecule has 1 fully saturated rings. The lowest BCUT2D eigenvalue weighted by Gasteiger charge is -2.22. The molecule has 0 bridgehead atoms. The number of nitrogen functional groups attached to an aromatic ring is 1. The molecule has 20 heavy (non-hydrogen) atoms. The van der Waals surface area contributed by atoms with Gasteiger partial charge in [-0.1, -0.05) is 0 Å². The maximum absolute atomic E-state index is 12.1. The first-order chi connectivity index (χ1) is 9.47. The van der Waals surface area contributed by atoms with Crippen molar-refractivity contribution in [2.75, 3.05) is 17.2 Å². The molecule has 1 aromatic rings. The SMILES string of the molecule is Nc1ccc([N+](=O)[O-])c(C(=O)NC2CCS(=O)CC2)c1. The van der Waals surface area contributed by atoms with E-state index in [9.17, 15) is 19.1 Å². The molecule has 1 aliphatic rings. The number of nitro groups is 1. The number of nitrogens with one attached hydrogen (secondary N) is 1. The molecule has 0 atom stereocenters. The highest BCUT2D eigenvalue weighted by molar-refractivity contribution is 7.85. The van der Waals surface area contributed by atoms with Crippen molar-refractivity contribution in [1.29, 1.82) is 0 Å². The van der Waals surface area contributed by atoms with Gasteiger partial charge in [0.1, 0.15) is 5.56 Å². The molecule has 108 valence electrons. The molecule has 0 aliphatic carbocycles. The monoisotopic (exact) mass is 297 g/mol. The van der Waals surface area contributed by atoms with E-state index in [-0.39, 0.29) is 17.3 Å². The minimum Gasteiger partial charge on any atom is -0.399 e. The molecule has 0 spiro atoms. The van der Waals surface area contributed by atoms with Crippen LogP contribution in [-0.4, -0.2) is 32.6 Å². The Hall–Kier alpha value is -1.96. The number of nitro benzene ring substituents is 1. The predicted octanol–water partition coefficient (Wildman–Crippen LogP) is 0.818. The second-order valence-corrected chi connectivity index (χ2v) is 6.33. The lowest BCUT2D eigenvalue weighted by Crippen LogP contribution is -2.39. The summed E-state index contributed by atoms with van der Waals surface area (Å²) < 4.78 is 11.2. The molecule has 0 radical (unpaired) electrons. The Balaban J connectivity index is 2.14. The summed E-state index contributed by atoms with van der Waals surface area (Å²) in [6.45, 7) is 0. The van der Waals surface area contributed by atoms with E-state index in [0.717, 1.165) is 0 Å². The van der Waals surface area contributed by atoms with Crippen LogP contribution >= 0.6 is 0 Å². The summed E-state index contributed by atoms with van der Waals surface area (Å²) in [6, 6.07) is 3.81. The quantitative estimate of drug-likeness (QED) is 0.487. The first kappa shape index (κ1) is 14.4. The Labute approximate surface area is 118 Å². The van der Waals surface area contributed by atoms with E-state index >= 15 is 0 Å². The first-order valence-corrected chi connectivity index (χ1v) is 7.66. The average molecular weight is 297 g/mol. The molecule has 1 heterocycles. The summed E-state index contributed by atoms with van der Waals surface area (Å²) in [5, 5.41) is 13.7. The molecule has 8 heteroatoms. The molecule has 1 amide bonds. The van der Waals surface area contributed by atoms with Crippen LogP contribution in [-0.2, 0) is 10.8 Å². The van der Waals surface area contributed by atoms with E-state index in [1.54, 1.807) is 0 Å². The van der Waals surface area contributed by atoms with Crippen molar-refractivity contribution in [2.24, 2.45) is 0 Å². The number of anilines is 1. The van der Waals surface area contributed by atoms with Crippen molar-refractivity contribution < 1.29 is 13.9 Å². The molecule has 0 saturated carbocycles. The number of hydrogen-bond acceptors (Lipinski definition) is 5. The lowest BCUT2D eigenvalue weighted by atomic mass is 10.1. The van der Waals surface area contributed by atoms with Crippen molar-refractivity contribution in [3.8, 4) is 0 Å². The van der Waals surface area contributed by atoms with Crippen molar-refractivity contribution in [2.45, 2.75) is 18.9 Å². The van der Waals surface area contributed by atoms with Gasteiger partial charge in [0.25, 0.3) is 11.6 Å². The summed E-state index contributed by atoms with van der Waals surface area (Å²) >= 11 is 0. The van der Waals surface area contributed by atoms with Crippen LogP contribution < -0.4 is 11.1 Å². The topological polar surface area (TPSA) is 115 Å². The van der Waals surface area contributed by atoms with Crippen LogP contribution in [0, 0.1) is 10.1 Å². The average Bonchev–Trinajstić information content (AvgIpc) is 2.41. The summed E-state index contributed by atoms with van der Waals surface area (Å²) in [4.78, 5) is 22.4. The zero-order valence-corrected chi connectivity index (χ0v) is 11.5. The van der Waals surface area contributed by atoms with Crippen molar-refractivity contribution >= 4 is 28.1 Å². The van der Waals surface area contributed by atoms with E-state index in [2.05, 4.69) is 5.32 Å². The predicted molar refractivity (Wildman–Crippen MR) is 75.9 cm³/mol. The van der Waals surface area contributed by atoms with Crippen LogP contribution in [0.25, 0.3) is 0 Å². The zero-order valence-electron chi connectivity index (χ0n) is 10.7. The van der Waals surface area contributed by atoms with Gasteiger partial charge < -0.3 is 11.1 Å². The Morgan fingerprint density at radius 1 is 1.40 bits per heavy atom. The molecular weight excluding hydrogens is 282 g/mol. The van der Waals surface area contributed by atoms with Crippen LogP contribution in [0.2, 0.25) is 0 Å². The fourth-order valence-corrected chi connectivity index (χ4v) is 3.39. The highest BCUT2D eigenvalue weighted by atomic mass is 32.2. The number of hydrogen-bond donors (Lipinski definition) is 2. The van der Waals surface area contributed by atoms with Gasteiger partial charge in [0.05, 0.1) is 4.92 Å². The normalized spacial score (nSPS) is 22.2. The molecule has 7 nitrogen and oxygen atoms in total. The Morgan fingerprint density at radius 2 is 2.05 bits per heavy atom. The summed E-state index contributed by atoms with van der Waals surface area (Å²) in [5.74, 6) is 0.579. The smallest absolute Gasteiger partial charge is 0.282 e. The van der Waals surface area contributed by atoms with Crippen molar-refractivity contribution in [1.82, 2.24) is 5.32 Å². The number of carbonyl (C=O) groups excluding carboxylic acids is 1. The molecule has 0 aromatic heterocycles. The Kier molecular flexibility index (Phi) is 4.33. The van der Waals surface area contributed by atoms with E-state index < -0.39 is 21.6 Å².